The summed E-state index contributed by atoms with van der Waals surface area (Å²) in [4.78, 5) is 13.2. The van der Waals surface area contributed by atoms with Crippen LogP contribution in [0.2, 0.25) is 0 Å². The molecule has 1 aliphatic carbocycles. The molecule has 0 fully saturated rings. The van der Waals surface area contributed by atoms with E-state index in [0.29, 0.717) is 11.6 Å². The normalized spacial score (nSPS) is 13.7. The van der Waals surface area contributed by atoms with Crippen molar-refractivity contribution in [1.82, 2.24) is 15.0 Å². The fourth-order valence-corrected chi connectivity index (χ4v) is 2.19. The summed E-state index contributed by atoms with van der Waals surface area (Å²) in [6.07, 6.45) is 4.94. The zero-order valence-electron chi connectivity index (χ0n) is 9.77. The van der Waals surface area contributed by atoms with Crippen LogP contribution in [0.5, 0.6) is 0 Å². The lowest BCUT2D eigenvalue weighted by Gasteiger charge is -2.06. The molecular weight excluding hydrogens is 212 g/mol. The molecule has 0 radical (unpaired) electrons. The molecule has 0 saturated carbocycles. The Bertz CT molecular complexity index is 560. The van der Waals surface area contributed by atoms with Crippen molar-refractivity contribution >= 4 is 5.82 Å². The molecule has 4 nitrogen and oxygen atoms in total. The van der Waals surface area contributed by atoms with Crippen LogP contribution in [0.15, 0.2) is 18.3 Å². The van der Waals surface area contributed by atoms with Gasteiger partial charge in [-0.1, -0.05) is 0 Å². The lowest BCUT2D eigenvalue weighted by atomic mass is 10.2. The number of aryl methyl sites for hydroxylation is 2. The van der Waals surface area contributed by atoms with E-state index in [-0.39, 0.29) is 0 Å². The molecule has 0 atom stereocenters. The summed E-state index contributed by atoms with van der Waals surface area (Å²) in [6.45, 7) is 1.96. The van der Waals surface area contributed by atoms with Crippen LogP contribution in [0.1, 0.15) is 23.4 Å². The van der Waals surface area contributed by atoms with Crippen molar-refractivity contribution in [3.8, 4) is 11.4 Å². The van der Waals surface area contributed by atoms with Gasteiger partial charge in [0.2, 0.25) is 0 Å². The minimum Gasteiger partial charge on any atom is -0.383 e. The van der Waals surface area contributed by atoms with Crippen molar-refractivity contribution in [3.05, 3.63) is 35.3 Å². The van der Waals surface area contributed by atoms with Crippen molar-refractivity contribution in [2.45, 2.75) is 26.2 Å². The molecule has 86 valence electrons. The maximum Gasteiger partial charge on any atom is 0.163 e. The summed E-state index contributed by atoms with van der Waals surface area (Å²) in [5.74, 6) is 1.32. The van der Waals surface area contributed by atoms with Gasteiger partial charge in [-0.15, -0.1) is 0 Å². The lowest BCUT2D eigenvalue weighted by molar-refractivity contribution is 0.900. The maximum absolute atomic E-state index is 5.97. The van der Waals surface area contributed by atoms with Crippen LogP contribution < -0.4 is 5.73 Å². The molecule has 0 aliphatic heterocycles. The summed E-state index contributed by atoms with van der Waals surface area (Å²) in [6, 6.07) is 3.95. The van der Waals surface area contributed by atoms with Gasteiger partial charge in [-0.2, -0.15) is 0 Å². The van der Waals surface area contributed by atoms with Gasteiger partial charge in [-0.05, 0) is 38.3 Å². The van der Waals surface area contributed by atoms with Crippen LogP contribution in [0.3, 0.4) is 0 Å². The zero-order valence-corrected chi connectivity index (χ0v) is 9.77. The van der Waals surface area contributed by atoms with Gasteiger partial charge in [0, 0.05) is 28.7 Å². The molecule has 0 bridgehead atoms. The Kier molecular flexibility index (Phi) is 2.28. The first-order chi connectivity index (χ1) is 8.24. The van der Waals surface area contributed by atoms with Gasteiger partial charge in [0.1, 0.15) is 5.82 Å². The van der Waals surface area contributed by atoms with Gasteiger partial charge in [-0.3, -0.25) is 4.98 Å². The molecule has 4 heteroatoms. The Morgan fingerprint density at radius 2 is 2.06 bits per heavy atom. The molecule has 0 amide bonds. The molecule has 2 aromatic heterocycles. The summed E-state index contributed by atoms with van der Waals surface area (Å²) in [7, 11) is 0. The molecule has 2 heterocycles. The fourth-order valence-electron chi connectivity index (χ4n) is 2.19. The minimum atomic E-state index is 0.628. The van der Waals surface area contributed by atoms with Gasteiger partial charge in [0.15, 0.2) is 5.82 Å². The van der Waals surface area contributed by atoms with E-state index < -0.39 is 0 Å². The number of hydrogen-bond donors (Lipinski definition) is 1. The maximum atomic E-state index is 5.97. The van der Waals surface area contributed by atoms with Gasteiger partial charge in [0.25, 0.3) is 0 Å². The third kappa shape index (κ3) is 1.75. The van der Waals surface area contributed by atoms with Crippen molar-refractivity contribution < 1.29 is 0 Å². The first-order valence-electron chi connectivity index (χ1n) is 5.82. The van der Waals surface area contributed by atoms with Crippen molar-refractivity contribution in [2.24, 2.45) is 0 Å². The van der Waals surface area contributed by atoms with Crippen LogP contribution in [0.25, 0.3) is 11.4 Å². The predicted molar refractivity (Wildman–Crippen MR) is 66.4 cm³/mol. The van der Waals surface area contributed by atoms with E-state index in [9.17, 15) is 0 Å². The Morgan fingerprint density at radius 1 is 1.18 bits per heavy atom. The molecule has 3 rings (SSSR count). The number of nitrogen functional groups attached to an aromatic ring is 1. The van der Waals surface area contributed by atoms with Crippen molar-refractivity contribution in [2.75, 3.05) is 5.73 Å². The second kappa shape index (κ2) is 3.80. The number of fused-ring (bicyclic) bond motifs is 1. The number of aromatic nitrogens is 3. The number of hydrogen-bond acceptors (Lipinski definition) is 4. The molecule has 2 N–H and O–H groups in total. The van der Waals surface area contributed by atoms with Crippen molar-refractivity contribution in [1.29, 1.82) is 0 Å². The van der Waals surface area contributed by atoms with E-state index in [1.165, 1.54) is 0 Å². The summed E-state index contributed by atoms with van der Waals surface area (Å²) in [5, 5.41) is 0. The second-order valence-electron chi connectivity index (χ2n) is 4.40. The highest BCUT2D eigenvalue weighted by atomic mass is 15.0. The molecule has 0 saturated heterocycles. The first kappa shape index (κ1) is 10.2. The summed E-state index contributed by atoms with van der Waals surface area (Å²) >= 11 is 0. The standard InChI is InChI=1S/C13H14N4/c1-8-5-6-9(7-15-8)13-16-11-4-2-3-10(11)12(14)17-13/h5-7H,2-4H2,1H3,(H2,14,16,17). The first-order valence-corrected chi connectivity index (χ1v) is 5.82. The van der Waals surface area contributed by atoms with Crippen LogP contribution >= 0.6 is 0 Å². The van der Waals surface area contributed by atoms with Crippen LogP contribution in [-0.4, -0.2) is 15.0 Å². The largest absolute Gasteiger partial charge is 0.383 e. The number of nitrogens with zero attached hydrogens (tertiary/aromatic N) is 3. The molecule has 2 aromatic rings. The van der Waals surface area contributed by atoms with E-state index in [2.05, 4.69) is 15.0 Å². The van der Waals surface area contributed by atoms with Crippen LogP contribution in [0, 0.1) is 6.92 Å². The fraction of sp³-hybridized carbons (Fsp3) is 0.308. The van der Waals surface area contributed by atoms with Crippen molar-refractivity contribution in [3.63, 3.8) is 0 Å². The van der Waals surface area contributed by atoms with Crippen LogP contribution in [0.4, 0.5) is 5.82 Å². The SMILES string of the molecule is Cc1ccc(-c2nc(N)c3c(n2)CCC3)cn1. The Hall–Kier alpha value is -1.97. The molecule has 0 aromatic carbocycles. The molecule has 1 aliphatic rings. The Morgan fingerprint density at radius 3 is 2.82 bits per heavy atom. The molecule has 0 spiro atoms. The van der Waals surface area contributed by atoms with E-state index in [4.69, 9.17) is 5.73 Å². The minimum absolute atomic E-state index is 0.628. The highest BCUT2D eigenvalue weighted by Crippen LogP contribution is 2.27. The summed E-state index contributed by atoms with van der Waals surface area (Å²) < 4.78 is 0. The number of rotatable bonds is 1. The van der Waals surface area contributed by atoms with Gasteiger partial charge < -0.3 is 5.73 Å². The van der Waals surface area contributed by atoms with Crippen LogP contribution in [-0.2, 0) is 12.8 Å². The highest BCUT2D eigenvalue weighted by Gasteiger charge is 2.18. The Labute approximate surface area is 99.9 Å². The topological polar surface area (TPSA) is 64.7 Å². The lowest BCUT2D eigenvalue weighted by Crippen LogP contribution is -2.03. The summed E-state index contributed by atoms with van der Waals surface area (Å²) in [5.41, 5.74) is 10.1. The predicted octanol–water partition coefficient (Wildman–Crippen LogP) is 1.92. The number of pyridine rings is 1. The second-order valence-corrected chi connectivity index (χ2v) is 4.40. The smallest absolute Gasteiger partial charge is 0.163 e. The monoisotopic (exact) mass is 226 g/mol. The average molecular weight is 226 g/mol. The zero-order chi connectivity index (χ0) is 11.8. The van der Waals surface area contributed by atoms with E-state index in [1.54, 1.807) is 6.20 Å². The molecule has 17 heavy (non-hydrogen) atoms. The number of nitrogens with two attached hydrogens (primary N) is 1. The third-order valence-electron chi connectivity index (χ3n) is 3.13. The number of anilines is 1. The highest BCUT2D eigenvalue weighted by molar-refractivity contribution is 5.58. The van der Waals surface area contributed by atoms with Gasteiger partial charge in [-0.25, -0.2) is 9.97 Å². The Balaban J connectivity index is 2.10. The van der Waals surface area contributed by atoms with E-state index in [0.717, 1.165) is 41.8 Å². The average Bonchev–Trinajstić information content (AvgIpc) is 2.78. The van der Waals surface area contributed by atoms with Gasteiger partial charge >= 0.3 is 0 Å². The van der Waals surface area contributed by atoms with E-state index >= 15 is 0 Å². The van der Waals surface area contributed by atoms with Gasteiger partial charge in [0.05, 0.1) is 0 Å². The molecule has 0 unspecified atom stereocenters. The molecular formula is C13H14N4. The third-order valence-corrected chi connectivity index (χ3v) is 3.13. The quantitative estimate of drug-likeness (QED) is 0.806. The van der Waals surface area contributed by atoms with E-state index in [1.807, 2.05) is 19.1 Å².